The molecule has 3 aromatic rings. The second-order valence-corrected chi connectivity index (χ2v) is 9.16. The first-order valence-corrected chi connectivity index (χ1v) is 12.2. The van der Waals surface area contributed by atoms with E-state index in [1.165, 1.54) is 0 Å². The van der Waals surface area contributed by atoms with Gasteiger partial charge in [-0.05, 0) is 43.9 Å². The highest BCUT2D eigenvalue weighted by molar-refractivity contribution is 7.17. The number of anilines is 2. The number of para-hydroxylation sites is 1. The number of carbonyl (C=O) groups is 3. The van der Waals surface area contributed by atoms with Crippen LogP contribution in [-0.4, -0.2) is 29.4 Å². The standard InChI is InChI=1S/C26H27N3O4S/c1-3-33-25(32)23-17(2)27-26(34-23)29(16-18-9-5-4-6-10-18)22(30)14-13-20-15-19-11-7-8-12-21(19)28-24(20)31/h4-12,20H,3,13-16H2,1-2H3,(H,28,31). The van der Waals surface area contributed by atoms with Crippen LogP contribution in [0, 0.1) is 12.8 Å². The van der Waals surface area contributed by atoms with Gasteiger partial charge in [-0.15, -0.1) is 0 Å². The summed E-state index contributed by atoms with van der Waals surface area (Å²) in [6.45, 7) is 4.08. The number of ether oxygens (including phenoxy) is 1. The van der Waals surface area contributed by atoms with Gasteiger partial charge < -0.3 is 10.1 Å². The average molecular weight is 478 g/mol. The lowest BCUT2D eigenvalue weighted by Crippen LogP contribution is -2.33. The first kappa shape index (κ1) is 23.6. The number of nitrogens with zero attached hydrogens (tertiary/aromatic N) is 2. The lowest BCUT2D eigenvalue weighted by molar-refractivity contribution is -0.121. The quantitative estimate of drug-likeness (QED) is 0.473. The fourth-order valence-corrected chi connectivity index (χ4v) is 4.97. The van der Waals surface area contributed by atoms with Gasteiger partial charge in [-0.1, -0.05) is 59.9 Å². The van der Waals surface area contributed by atoms with Gasteiger partial charge in [0.25, 0.3) is 0 Å². The van der Waals surface area contributed by atoms with Gasteiger partial charge in [-0.2, -0.15) is 0 Å². The number of esters is 1. The minimum absolute atomic E-state index is 0.0594. The zero-order valence-corrected chi connectivity index (χ0v) is 20.1. The lowest BCUT2D eigenvalue weighted by atomic mass is 9.89. The molecule has 1 aliphatic heterocycles. The largest absolute Gasteiger partial charge is 0.462 e. The molecule has 1 aromatic heterocycles. The van der Waals surface area contributed by atoms with Crippen LogP contribution in [0.1, 0.15) is 46.3 Å². The van der Waals surface area contributed by atoms with Crippen LogP contribution in [0.5, 0.6) is 0 Å². The van der Waals surface area contributed by atoms with Crippen molar-refractivity contribution >= 4 is 39.9 Å². The Morgan fingerprint density at radius 3 is 2.65 bits per heavy atom. The molecule has 176 valence electrons. The molecule has 7 nitrogen and oxygen atoms in total. The van der Waals surface area contributed by atoms with E-state index in [2.05, 4.69) is 10.3 Å². The SMILES string of the molecule is CCOC(=O)c1sc(N(Cc2ccccc2)C(=O)CCC2Cc3ccccc3NC2=O)nc1C. The van der Waals surface area contributed by atoms with Crippen molar-refractivity contribution in [2.45, 2.75) is 39.7 Å². The average Bonchev–Trinajstić information content (AvgIpc) is 3.23. The Balaban J connectivity index is 1.52. The second-order valence-electron chi connectivity index (χ2n) is 8.18. The molecule has 2 amide bonds. The number of hydrogen-bond acceptors (Lipinski definition) is 6. The monoisotopic (exact) mass is 477 g/mol. The van der Waals surface area contributed by atoms with Crippen molar-refractivity contribution in [1.82, 2.24) is 4.98 Å². The molecule has 0 saturated carbocycles. The molecule has 0 bridgehead atoms. The molecule has 1 unspecified atom stereocenters. The van der Waals surface area contributed by atoms with E-state index in [-0.39, 0.29) is 30.8 Å². The van der Waals surface area contributed by atoms with E-state index in [0.29, 0.717) is 35.1 Å². The number of thiazole rings is 1. The van der Waals surface area contributed by atoms with Crippen molar-refractivity contribution in [2.75, 3.05) is 16.8 Å². The summed E-state index contributed by atoms with van der Waals surface area (Å²) in [6.07, 6.45) is 1.23. The van der Waals surface area contributed by atoms with Gasteiger partial charge in [-0.25, -0.2) is 9.78 Å². The van der Waals surface area contributed by atoms with Gasteiger partial charge in [0.15, 0.2) is 5.13 Å². The van der Waals surface area contributed by atoms with E-state index in [1.54, 1.807) is 18.7 Å². The Bertz CT molecular complexity index is 1190. The Morgan fingerprint density at radius 2 is 1.88 bits per heavy atom. The van der Waals surface area contributed by atoms with Crippen LogP contribution in [0.4, 0.5) is 10.8 Å². The molecule has 0 aliphatic carbocycles. The number of rotatable bonds is 8. The number of carbonyl (C=O) groups excluding carboxylic acids is 3. The van der Waals surface area contributed by atoms with E-state index in [9.17, 15) is 14.4 Å². The third kappa shape index (κ3) is 5.34. The lowest BCUT2D eigenvalue weighted by Gasteiger charge is -2.25. The van der Waals surface area contributed by atoms with Crippen LogP contribution in [-0.2, 0) is 27.3 Å². The van der Waals surface area contributed by atoms with E-state index in [4.69, 9.17) is 4.74 Å². The van der Waals surface area contributed by atoms with Gasteiger partial charge in [0, 0.05) is 18.0 Å². The zero-order chi connectivity index (χ0) is 24.1. The van der Waals surface area contributed by atoms with Gasteiger partial charge >= 0.3 is 5.97 Å². The maximum atomic E-state index is 13.4. The molecule has 0 saturated heterocycles. The van der Waals surface area contributed by atoms with E-state index >= 15 is 0 Å². The molecule has 0 radical (unpaired) electrons. The fraction of sp³-hybridized carbons (Fsp3) is 0.308. The molecular weight excluding hydrogens is 450 g/mol. The Labute approximate surface area is 202 Å². The normalized spacial score (nSPS) is 14.8. The van der Waals surface area contributed by atoms with Gasteiger partial charge in [0.05, 0.1) is 18.8 Å². The highest BCUT2D eigenvalue weighted by Crippen LogP contribution is 2.31. The zero-order valence-electron chi connectivity index (χ0n) is 19.2. The van der Waals surface area contributed by atoms with Crippen LogP contribution in [0.25, 0.3) is 0 Å². The molecule has 1 atom stereocenters. The first-order valence-electron chi connectivity index (χ1n) is 11.3. The van der Waals surface area contributed by atoms with Gasteiger partial charge in [0.2, 0.25) is 11.8 Å². The Hall–Kier alpha value is -3.52. The van der Waals surface area contributed by atoms with Gasteiger partial charge in [-0.3, -0.25) is 14.5 Å². The predicted molar refractivity (Wildman–Crippen MR) is 132 cm³/mol. The summed E-state index contributed by atoms with van der Waals surface area (Å²) < 4.78 is 5.13. The summed E-state index contributed by atoms with van der Waals surface area (Å²) in [5.74, 6) is -0.908. The molecule has 2 heterocycles. The molecule has 1 aliphatic rings. The molecule has 2 aromatic carbocycles. The summed E-state index contributed by atoms with van der Waals surface area (Å²) in [6, 6.07) is 17.4. The van der Waals surface area contributed by atoms with Gasteiger partial charge in [0.1, 0.15) is 4.88 Å². The summed E-state index contributed by atoms with van der Waals surface area (Å²) in [7, 11) is 0. The molecular formula is C26H27N3O4S. The van der Waals surface area contributed by atoms with Crippen LogP contribution in [0.3, 0.4) is 0 Å². The van der Waals surface area contributed by atoms with Crippen molar-refractivity contribution in [3.63, 3.8) is 0 Å². The number of amides is 2. The second kappa shape index (κ2) is 10.6. The summed E-state index contributed by atoms with van der Waals surface area (Å²) in [5.41, 5.74) is 3.40. The summed E-state index contributed by atoms with van der Waals surface area (Å²) in [4.78, 5) is 44.8. The molecule has 1 N–H and O–H groups in total. The highest BCUT2D eigenvalue weighted by Gasteiger charge is 2.29. The fourth-order valence-electron chi connectivity index (χ4n) is 3.99. The Morgan fingerprint density at radius 1 is 1.15 bits per heavy atom. The van der Waals surface area contributed by atoms with Crippen LogP contribution in [0.2, 0.25) is 0 Å². The summed E-state index contributed by atoms with van der Waals surface area (Å²) >= 11 is 1.16. The molecule has 4 rings (SSSR count). The number of nitrogens with one attached hydrogen (secondary N) is 1. The molecule has 8 heteroatoms. The molecule has 0 fully saturated rings. The smallest absolute Gasteiger partial charge is 0.350 e. The minimum atomic E-state index is -0.437. The number of hydrogen-bond donors (Lipinski definition) is 1. The number of fused-ring (bicyclic) bond motifs is 1. The first-order chi connectivity index (χ1) is 16.5. The van der Waals surface area contributed by atoms with Crippen molar-refractivity contribution in [1.29, 1.82) is 0 Å². The van der Waals surface area contributed by atoms with E-state index < -0.39 is 5.97 Å². The summed E-state index contributed by atoms with van der Waals surface area (Å²) in [5, 5.41) is 3.40. The molecule has 0 spiro atoms. The Kier molecular flexibility index (Phi) is 7.37. The van der Waals surface area contributed by atoms with Crippen LogP contribution >= 0.6 is 11.3 Å². The topological polar surface area (TPSA) is 88.6 Å². The van der Waals surface area contributed by atoms with Crippen LogP contribution < -0.4 is 10.2 Å². The van der Waals surface area contributed by atoms with Crippen molar-refractivity contribution in [3.05, 3.63) is 76.3 Å². The van der Waals surface area contributed by atoms with E-state index in [0.717, 1.165) is 28.2 Å². The molecule has 34 heavy (non-hydrogen) atoms. The number of benzene rings is 2. The van der Waals surface area contributed by atoms with Crippen molar-refractivity contribution in [2.24, 2.45) is 5.92 Å². The maximum Gasteiger partial charge on any atom is 0.350 e. The third-order valence-electron chi connectivity index (χ3n) is 5.78. The highest BCUT2D eigenvalue weighted by atomic mass is 32.1. The predicted octanol–water partition coefficient (Wildman–Crippen LogP) is 4.75. The maximum absolute atomic E-state index is 13.4. The van der Waals surface area contributed by atoms with Crippen LogP contribution in [0.15, 0.2) is 54.6 Å². The van der Waals surface area contributed by atoms with E-state index in [1.807, 2.05) is 54.6 Å². The minimum Gasteiger partial charge on any atom is -0.462 e. The number of aromatic nitrogens is 1. The van der Waals surface area contributed by atoms with Crippen molar-refractivity contribution in [3.8, 4) is 0 Å². The van der Waals surface area contributed by atoms with Crippen molar-refractivity contribution < 1.29 is 19.1 Å². The number of aryl methyl sites for hydroxylation is 1. The third-order valence-corrected chi connectivity index (χ3v) is 6.94.